The van der Waals surface area contributed by atoms with Crippen LogP contribution in [-0.4, -0.2) is 24.0 Å². The molecule has 0 spiro atoms. The number of fused-ring (bicyclic) bond motifs is 1. The van der Waals surface area contributed by atoms with Crippen LogP contribution in [-0.2, 0) is 6.54 Å². The minimum Gasteiger partial charge on any atom is -0.354 e. The van der Waals surface area contributed by atoms with Gasteiger partial charge in [0.15, 0.2) is 5.96 Å². The van der Waals surface area contributed by atoms with Gasteiger partial charge in [-0.3, -0.25) is 9.98 Å². The summed E-state index contributed by atoms with van der Waals surface area (Å²) in [5, 5.41) is 7.00. The van der Waals surface area contributed by atoms with Crippen molar-refractivity contribution in [1.82, 2.24) is 15.6 Å². The minimum atomic E-state index is 0. The molecule has 1 heterocycles. The molecule has 3 atom stereocenters. The van der Waals surface area contributed by atoms with Crippen molar-refractivity contribution in [2.75, 3.05) is 7.05 Å². The third kappa shape index (κ3) is 5.33. The van der Waals surface area contributed by atoms with Crippen LogP contribution in [0.2, 0.25) is 0 Å². The van der Waals surface area contributed by atoms with Crippen molar-refractivity contribution < 1.29 is 0 Å². The van der Waals surface area contributed by atoms with Crippen LogP contribution in [0.4, 0.5) is 0 Å². The zero-order valence-electron chi connectivity index (χ0n) is 14.0. The van der Waals surface area contributed by atoms with E-state index in [1.165, 1.54) is 44.9 Å². The number of aromatic nitrogens is 1. The van der Waals surface area contributed by atoms with Crippen LogP contribution in [0.25, 0.3) is 0 Å². The molecule has 2 aliphatic rings. The molecule has 0 aliphatic heterocycles. The number of halogens is 1. The van der Waals surface area contributed by atoms with Crippen molar-refractivity contribution in [2.45, 2.75) is 57.5 Å². The van der Waals surface area contributed by atoms with E-state index in [1.54, 1.807) is 0 Å². The van der Waals surface area contributed by atoms with Crippen molar-refractivity contribution in [3.63, 3.8) is 0 Å². The van der Waals surface area contributed by atoms with E-state index < -0.39 is 0 Å². The Labute approximate surface area is 157 Å². The molecule has 23 heavy (non-hydrogen) atoms. The average molecular weight is 428 g/mol. The summed E-state index contributed by atoms with van der Waals surface area (Å²) in [4.78, 5) is 8.71. The number of hydrogen-bond donors (Lipinski definition) is 2. The number of nitrogens with zero attached hydrogens (tertiary/aromatic N) is 2. The maximum absolute atomic E-state index is 4.37. The van der Waals surface area contributed by atoms with Gasteiger partial charge >= 0.3 is 0 Å². The molecule has 1 aromatic heterocycles. The predicted molar refractivity (Wildman–Crippen MR) is 106 cm³/mol. The quantitative estimate of drug-likeness (QED) is 0.438. The molecule has 2 N–H and O–H groups in total. The molecule has 2 aliphatic carbocycles. The smallest absolute Gasteiger partial charge is 0.191 e. The molecule has 0 bridgehead atoms. The maximum Gasteiger partial charge on any atom is 0.191 e. The van der Waals surface area contributed by atoms with Crippen LogP contribution in [0.3, 0.4) is 0 Å². The van der Waals surface area contributed by atoms with E-state index in [-0.39, 0.29) is 24.0 Å². The Kier molecular flexibility index (Phi) is 7.59. The Morgan fingerprint density at radius 3 is 2.74 bits per heavy atom. The molecule has 5 heteroatoms. The van der Waals surface area contributed by atoms with Gasteiger partial charge in [-0.15, -0.1) is 24.0 Å². The van der Waals surface area contributed by atoms with Crippen LogP contribution < -0.4 is 10.6 Å². The monoisotopic (exact) mass is 428 g/mol. The van der Waals surface area contributed by atoms with Crippen molar-refractivity contribution in [2.24, 2.45) is 16.8 Å². The summed E-state index contributed by atoms with van der Waals surface area (Å²) in [5.74, 6) is 2.84. The Morgan fingerprint density at radius 1 is 1.17 bits per heavy atom. The Balaban J connectivity index is 0.00000192. The highest BCUT2D eigenvalue weighted by Crippen LogP contribution is 2.40. The highest BCUT2D eigenvalue weighted by molar-refractivity contribution is 14.0. The summed E-state index contributed by atoms with van der Waals surface area (Å²) < 4.78 is 0. The molecule has 0 aromatic carbocycles. The molecular formula is C18H29IN4. The Bertz CT molecular complexity index is 491. The third-order valence-electron chi connectivity index (χ3n) is 5.27. The summed E-state index contributed by atoms with van der Waals surface area (Å²) in [7, 11) is 1.85. The summed E-state index contributed by atoms with van der Waals surface area (Å²) in [6.07, 6.45) is 11.6. The van der Waals surface area contributed by atoms with Crippen LogP contribution >= 0.6 is 24.0 Å². The fourth-order valence-corrected chi connectivity index (χ4v) is 4.07. The van der Waals surface area contributed by atoms with Crippen LogP contribution in [0.5, 0.6) is 0 Å². The first-order chi connectivity index (χ1) is 10.8. The molecule has 0 amide bonds. The highest BCUT2D eigenvalue weighted by Gasteiger charge is 2.32. The van der Waals surface area contributed by atoms with E-state index in [4.69, 9.17) is 0 Å². The lowest BCUT2D eigenvalue weighted by molar-refractivity contribution is 0.150. The first-order valence-corrected chi connectivity index (χ1v) is 8.72. The lowest BCUT2D eigenvalue weighted by atomic mass is 9.69. The van der Waals surface area contributed by atoms with E-state index in [0.717, 1.165) is 30.0 Å². The predicted octanol–water partition coefficient (Wildman–Crippen LogP) is 3.72. The second kappa shape index (κ2) is 9.45. The summed E-state index contributed by atoms with van der Waals surface area (Å²) in [6.45, 7) is 0.722. The number of hydrogen-bond acceptors (Lipinski definition) is 2. The molecule has 3 unspecified atom stereocenters. The Morgan fingerprint density at radius 2 is 2.00 bits per heavy atom. The molecule has 2 fully saturated rings. The van der Waals surface area contributed by atoms with E-state index in [0.29, 0.717) is 6.04 Å². The molecule has 2 saturated carbocycles. The summed E-state index contributed by atoms with van der Waals surface area (Å²) >= 11 is 0. The second-order valence-electron chi connectivity index (χ2n) is 6.71. The lowest BCUT2D eigenvalue weighted by Gasteiger charge is -2.39. The van der Waals surface area contributed by atoms with Crippen molar-refractivity contribution in [1.29, 1.82) is 0 Å². The molecule has 1 aromatic rings. The number of rotatable bonds is 3. The second-order valence-corrected chi connectivity index (χ2v) is 6.71. The highest BCUT2D eigenvalue weighted by atomic mass is 127. The van der Waals surface area contributed by atoms with Gasteiger partial charge in [-0.25, -0.2) is 0 Å². The number of aliphatic imine (C=N–C) groups is 1. The SMILES string of the molecule is CN=C(NCc1ccccn1)NC1CCC2CCCCC2C1.I. The van der Waals surface area contributed by atoms with Gasteiger partial charge in [-0.1, -0.05) is 31.7 Å². The van der Waals surface area contributed by atoms with Crippen LogP contribution in [0.1, 0.15) is 50.6 Å². The molecule has 128 valence electrons. The van der Waals surface area contributed by atoms with Gasteiger partial charge in [0, 0.05) is 19.3 Å². The third-order valence-corrected chi connectivity index (χ3v) is 5.27. The van der Waals surface area contributed by atoms with E-state index in [9.17, 15) is 0 Å². The van der Waals surface area contributed by atoms with Gasteiger partial charge in [0.2, 0.25) is 0 Å². The Hall–Kier alpha value is -0.850. The minimum absolute atomic E-state index is 0. The first-order valence-electron chi connectivity index (χ1n) is 8.72. The van der Waals surface area contributed by atoms with Crippen molar-refractivity contribution >= 4 is 29.9 Å². The molecule has 0 radical (unpaired) electrons. The maximum atomic E-state index is 4.37. The standard InChI is InChI=1S/C18H28N4.HI/c1-19-18(21-13-17-8-4-5-11-20-17)22-16-10-9-14-6-2-3-7-15(14)12-16;/h4-5,8,11,14-16H,2-3,6-7,9-10,12-13H2,1H3,(H2,19,21,22);1H. The zero-order chi connectivity index (χ0) is 15.2. The fraction of sp³-hybridized carbons (Fsp3) is 0.667. The summed E-state index contributed by atoms with van der Waals surface area (Å²) in [6, 6.07) is 6.58. The normalized spacial score (nSPS) is 27.5. The zero-order valence-corrected chi connectivity index (χ0v) is 16.3. The first kappa shape index (κ1) is 18.5. The fourth-order valence-electron chi connectivity index (χ4n) is 4.07. The van der Waals surface area contributed by atoms with E-state index in [1.807, 2.05) is 31.4 Å². The van der Waals surface area contributed by atoms with Gasteiger partial charge < -0.3 is 10.6 Å². The van der Waals surface area contributed by atoms with E-state index >= 15 is 0 Å². The van der Waals surface area contributed by atoms with Crippen molar-refractivity contribution in [3.8, 4) is 0 Å². The number of pyridine rings is 1. The van der Waals surface area contributed by atoms with Gasteiger partial charge in [0.1, 0.15) is 0 Å². The lowest BCUT2D eigenvalue weighted by Crippen LogP contribution is -2.46. The number of nitrogens with one attached hydrogen (secondary N) is 2. The average Bonchev–Trinajstić information content (AvgIpc) is 2.59. The van der Waals surface area contributed by atoms with Crippen molar-refractivity contribution in [3.05, 3.63) is 30.1 Å². The topological polar surface area (TPSA) is 49.3 Å². The van der Waals surface area contributed by atoms with Gasteiger partial charge in [-0.2, -0.15) is 0 Å². The molecular weight excluding hydrogens is 399 g/mol. The molecule has 3 rings (SSSR count). The van der Waals surface area contributed by atoms with Crippen LogP contribution in [0, 0.1) is 11.8 Å². The molecule has 0 saturated heterocycles. The summed E-state index contributed by atoms with van der Waals surface area (Å²) in [5.41, 5.74) is 1.04. The number of guanidine groups is 1. The van der Waals surface area contributed by atoms with Crippen LogP contribution in [0.15, 0.2) is 29.4 Å². The molecule has 4 nitrogen and oxygen atoms in total. The van der Waals surface area contributed by atoms with E-state index in [2.05, 4.69) is 20.6 Å². The largest absolute Gasteiger partial charge is 0.354 e. The van der Waals surface area contributed by atoms with Gasteiger partial charge in [0.25, 0.3) is 0 Å². The van der Waals surface area contributed by atoms with Gasteiger partial charge in [0.05, 0.1) is 12.2 Å². The van der Waals surface area contributed by atoms with Gasteiger partial charge in [-0.05, 0) is 43.2 Å².